The first-order chi connectivity index (χ1) is 8.29. The lowest BCUT2D eigenvalue weighted by Crippen LogP contribution is -2.23. The highest BCUT2D eigenvalue weighted by atomic mass is 16.4. The number of rotatable bonds is 2. The summed E-state index contributed by atoms with van der Waals surface area (Å²) in [6.07, 6.45) is 1.74. The zero-order valence-electron chi connectivity index (χ0n) is 9.59. The minimum atomic E-state index is 0.359. The monoisotopic (exact) mass is 227 g/mol. The van der Waals surface area contributed by atoms with Gasteiger partial charge in [0.1, 0.15) is 0 Å². The molecule has 0 fully saturated rings. The molecule has 86 valence electrons. The second kappa shape index (κ2) is 3.77. The van der Waals surface area contributed by atoms with Gasteiger partial charge in [-0.05, 0) is 31.0 Å². The molecule has 0 saturated carbocycles. The average Bonchev–Trinajstić information content (AvgIpc) is 2.91. The topological polar surface area (TPSA) is 33.5 Å². The predicted octanol–water partition coefficient (Wildman–Crippen LogP) is 3.17. The van der Waals surface area contributed by atoms with Crippen LogP contribution in [0.3, 0.4) is 0 Å². The van der Waals surface area contributed by atoms with Crippen molar-refractivity contribution >= 4 is 17.9 Å². The summed E-state index contributed by atoms with van der Waals surface area (Å²) in [5.74, 6) is 1.11. The molecule has 1 aromatic heterocycles. The third kappa shape index (κ3) is 1.55. The van der Waals surface area contributed by atoms with Crippen molar-refractivity contribution in [1.82, 2.24) is 0 Å². The van der Waals surface area contributed by atoms with Crippen molar-refractivity contribution in [2.24, 2.45) is 0 Å². The molecule has 1 atom stereocenters. The van der Waals surface area contributed by atoms with Gasteiger partial charge in [-0.25, -0.2) is 0 Å². The molecule has 0 aliphatic carbocycles. The number of furan rings is 1. The zero-order valence-corrected chi connectivity index (χ0v) is 9.59. The lowest BCUT2D eigenvalue weighted by Gasteiger charge is -2.21. The molecule has 3 nitrogen and oxygen atoms in total. The van der Waals surface area contributed by atoms with Crippen molar-refractivity contribution in [2.45, 2.75) is 19.4 Å². The van der Waals surface area contributed by atoms with Crippen molar-refractivity contribution in [2.75, 3.05) is 4.90 Å². The summed E-state index contributed by atoms with van der Waals surface area (Å²) in [6, 6.07) is 12.2. The fourth-order valence-corrected chi connectivity index (χ4v) is 2.44. The Kier molecular flexibility index (Phi) is 2.25. The fourth-order valence-electron chi connectivity index (χ4n) is 2.44. The maximum atomic E-state index is 10.6. The van der Waals surface area contributed by atoms with Gasteiger partial charge in [0.05, 0.1) is 0 Å². The molecule has 1 aromatic carbocycles. The van der Waals surface area contributed by atoms with Crippen LogP contribution in [0, 0.1) is 0 Å². The molecule has 0 bridgehead atoms. The molecule has 0 saturated heterocycles. The molecule has 0 N–H and O–H groups in total. The van der Waals surface area contributed by atoms with Crippen molar-refractivity contribution in [3.05, 3.63) is 47.7 Å². The van der Waals surface area contributed by atoms with E-state index in [9.17, 15) is 4.79 Å². The Morgan fingerprint density at radius 2 is 2.12 bits per heavy atom. The molecule has 0 amide bonds. The number of aldehydes is 1. The number of fused-ring (bicyclic) bond motifs is 1. The van der Waals surface area contributed by atoms with Gasteiger partial charge in [0.25, 0.3) is 0 Å². The number of carbonyl (C=O) groups excluding carboxylic acids is 1. The summed E-state index contributed by atoms with van der Waals surface area (Å²) in [4.78, 5) is 12.8. The summed E-state index contributed by atoms with van der Waals surface area (Å²) in [5.41, 5.74) is 2.50. The summed E-state index contributed by atoms with van der Waals surface area (Å²) in [5, 5.41) is 0. The van der Waals surface area contributed by atoms with E-state index in [4.69, 9.17) is 4.42 Å². The van der Waals surface area contributed by atoms with E-state index in [1.165, 1.54) is 11.3 Å². The zero-order chi connectivity index (χ0) is 11.8. The van der Waals surface area contributed by atoms with Crippen LogP contribution in [0.1, 0.15) is 23.0 Å². The van der Waals surface area contributed by atoms with Gasteiger partial charge < -0.3 is 9.32 Å². The molecule has 2 heterocycles. The van der Waals surface area contributed by atoms with E-state index in [0.29, 0.717) is 11.8 Å². The molecule has 1 aliphatic heterocycles. The maximum Gasteiger partial charge on any atom is 0.201 e. The van der Waals surface area contributed by atoms with Gasteiger partial charge in [-0.15, -0.1) is 0 Å². The molecule has 3 heteroatoms. The number of carbonyl (C=O) groups is 1. The molecule has 0 spiro atoms. The van der Waals surface area contributed by atoms with E-state index in [-0.39, 0.29) is 0 Å². The smallest absolute Gasteiger partial charge is 0.201 e. The molecule has 1 aliphatic rings. The van der Waals surface area contributed by atoms with Crippen LogP contribution in [-0.4, -0.2) is 12.3 Å². The summed E-state index contributed by atoms with van der Waals surface area (Å²) < 4.78 is 5.50. The lowest BCUT2D eigenvalue weighted by molar-refractivity contribution is 0.110. The summed E-state index contributed by atoms with van der Waals surface area (Å²) in [7, 11) is 0. The van der Waals surface area contributed by atoms with Gasteiger partial charge in [0.15, 0.2) is 12.0 Å². The van der Waals surface area contributed by atoms with Gasteiger partial charge in [0, 0.05) is 17.8 Å². The number of nitrogens with zero attached hydrogens (tertiary/aromatic N) is 1. The number of hydrogen-bond acceptors (Lipinski definition) is 3. The van der Waals surface area contributed by atoms with Crippen LogP contribution in [0.2, 0.25) is 0 Å². The first kappa shape index (κ1) is 10.1. The summed E-state index contributed by atoms with van der Waals surface area (Å²) in [6.45, 7) is 2.16. The molecule has 3 rings (SSSR count). The van der Waals surface area contributed by atoms with E-state index in [2.05, 4.69) is 24.0 Å². The van der Waals surface area contributed by atoms with Crippen LogP contribution in [0.25, 0.3) is 0 Å². The third-order valence-electron chi connectivity index (χ3n) is 3.17. The Bertz CT molecular complexity index is 559. The normalized spacial score (nSPS) is 18.2. The third-order valence-corrected chi connectivity index (χ3v) is 3.17. The highest BCUT2D eigenvalue weighted by Gasteiger charge is 2.28. The number of anilines is 2. The Morgan fingerprint density at radius 3 is 2.88 bits per heavy atom. The second-order valence-electron chi connectivity index (χ2n) is 4.35. The average molecular weight is 227 g/mol. The van der Waals surface area contributed by atoms with Crippen LogP contribution >= 0.6 is 0 Å². The Morgan fingerprint density at radius 1 is 1.29 bits per heavy atom. The van der Waals surface area contributed by atoms with E-state index in [0.717, 1.165) is 18.6 Å². The lowest BCUT2D eigenvalue weighted by atomic mass is 10.1. The number of hydrogen-bond donors (Lipinski definition) is 0. The van der Waals surface area contributed by atoms with Crippen LogP contribution in [0.5, 0.6) is 0 Å². The van der Waals surface area contributed by atoms with Gasteiger partial charge in [-0.2, -0.15) is 0 Å². The van der Waals surface area contributed by atoms with Gasteiger partial charge in [0.2, 0.25) is 5.88 Å². The van der Waals surface area contributed by atoms with Crippen molar-refractivity contribution in [3.63, 3.8) is 0 Å². The quantitative estimate of drug-likeness (QED) is 0.739. The Labute approximate surface area is 99.7 Å². The SMILES string of the molecule is CC1Cc2ccccc2N1c1ccc(C=O)o1. The standard InChI is InChI=1S/C14H13NO2/c1-10-8-11-4-2-3-5-13(11)15(10)14-7-6-12(9-16)17-14/h2-7,9-10H,8H2,1H3. The molecule has 1 unspecified atom stereocenters. The van der Waals surface area contributed by atoms with Crippen LogP contribution in [0.4, 0.5) is 11.6 Å². The molecule has 0 radical (unpaired) electrons. The Balaban J connectivity index is 2.05. The van der Waals surface area contributed by atoms with Crippen LogP contribution in [0.15, 0.2) is 40.8 Å². The summed E-state index contributed by atoms with van der Waals surface area (Å²) >= 11 is 0. The fraction of sp³-hybridized carbons (Fsp3) is 0.214. The second-order valence-corrected chi connectivity index (χ2v) is 4.35. The van der Waals surface area contributed by atoms with Crippen molar-refractivity contribution in [3.8, 4) is 0 Å². The van der Waals surface area contributed by atoms with Crippen LogP contribution in [-0.2, 0) is 6.42 Å². The van der Waals surface area contributed by atoms with Gasteiger partial charge in [-0.1, -0.05) is 18.2 Å². The molecule has 17 heavy (non-hydrogen) atoms. The van der Waals surface area contributed by atoms with E-state index in [1.807, 2.05) is 18.2 Å². The van der Waals surface area contributed by atoms with Crippen LogP contribution < -0.4 is 4.90 Å². The Hall–Kier alpha value is -2.03. The maximum absolute atomic E-state index is 10.6. The first-order valence-electron chi connectivity index (χ1n) is 5.72. The van der Waals surface area contributed by atoms with E-state index < -0.39 is 0 Å². The van der Waals surface area contributed by atoms with Crippen molar-refractivity contribution in [1.29, 1.82) is 0 Å². The molecular formula is C14H13NO2. The minimum Gasteiger partial charge on any atom is -0.437 e. The number of para-hydroxylation sites is 1. The largest absolute Gasteiger partial charge is 0.437 e. The highest BCUT2D eigenvalue weighted by molar-refractivity contribution is 5.74. The first-order valence-corrected chi connectivity index (χ1v) is 5.72. The molecular weight excluding hydrogens is 214 g/mol. The van der Waals surface area contributed by atoms with E-state index in [1.54, 1.807) is 6.07 Å². The van der Waals surface area contributed by atoms with Crippen molar-refractivity contribution < 1.29 is 9.21 Å². The van der Waals surface area contributed by atoms with Gasteiger partial charge in [-0.3, -0.25) is 4.79 Å². The minimum absolute atomic E-state index is 0.359. The highest BCUT2D eigenvalue weighted by Crippen LogP contribution is 2.38. The van der Waals surface area contributed by atoms with E-state index >= 15 is 0 Å². The predicted molar refractivity (Wildman–Crippen MR) is 65.8 cm³/mol. The number of benzene rings is 1. The molecule has 2 aromatic rings. The van der Waals surface area contributed by atoms with Gasteiger partial charge >= 0.3 is 0 Å².